The maximum absolute atomic E-state index is 12.1. The van der Waals surface area contributed by atoms with Crippen molar-refractivity contribution in [2.24, 2.45) is 11.8 Å². The summed E-state index contributed by atoms with van der Waals surface area (Å²) >= 11 is 7.34. The largest absolute Gasteiger partial charge is 0.481 e. The number of halogens is 1. The van der Waals surface area contributed by atoms with E-state index in [-0.39, 0.29) is 24.8 Å². The predicted octanol–water partition coefficient (Wildman–Crippen LogP) is 3.87. The fraction of sp³-hybridized carbons (Fsp3) is 0.389. The van der Waals surface area contributed by atoms with Gasteiger partial charge in [0.05, 0.1) is 18.0 Å². The number of benzene rings is 1. The van der Waals surface area contributed by atoms with E-state index >= 15 is 0 Å². The molecule has 7 heteroatoms. The number of carbonyl (C=O) groups is 2. The Kier molecular flexibility index (Phi) is 6.96. The highest BCUT2D eigenvalue weighted by atomic mass is 35.5. The second-order valence-corrected chi connectivity index (χ2v) is 7.59. The van der Waals surface area contributed by atoms with Gasteiger partial charge >= 0.3 is 5.97 Å². The third-order valence-electron chi connectivity index (χ3n) is 3.64. The Hall–Kier alpha value is -1.92. The molecule has 1 amide bonds. The SMILES string of the molecule is CC(C)CC(CNC(=O)Cc1csc(-c2ccc(Cl)cc2)n1)C(=O)O. The second-order valence-electron chi connectivity index (χ2n) is 6.30. The molecule has 1 heterocycles. The number of aromatic nitrogens is 1. The van der Waals surface area contributed by atoms with Gasteiger partial charge in [0.15, 0.2) is 0 Å². The lowest BCUT2D eigenvalue weighted by Gasteiger charge is -2.15. The van der Waals surface area contributed by atoms with E-state index in [2.05, 4.69) is 10.3 Å². The van der Waals surface area contributed by atoms with E-state index in [0.29, 0.717) is 17.1 Å². The van der Waals surface area contributed by atoms with Crippen molar-refractivity contribution in [1.82, 2.24) is 10.3 Å². The fourth-order valence-electron chi connectivity index (χ4n) is 2.42. The minimum Gasteiger partial charge on any atom is -0.481 e. The van der Waals surface area contributed by atoms with Gasteiger partial charge in [-0.05, 0) is 24.5 Å². The number of hydrogen-bond acceptors (Lipinski definition) is 4. The Morgan fingerprint density at radius 3 is 2.56 bits per heavy atom. The summed E-state index contributed by atoms with van der Waals surface area (Å²) in [4.78, 5) is 27.7. The Balaban J connectivity index is 1.90. The van der Waals surface area contributed by atoms with Crippen molar-refractivity contribution in [1.29, 1.82) is 0 Å². The lowest BCUT2D eigenvalue weighted by atomic mass is 9.97. The first-order chi connectivity index (χ1) is 11.8. The summed E-state index contributed by atoms with van der Waals surface area (Å²) < 4.78 is 0. The van der Waals surface area contributed by atoms with Gasteiger partial charge in [-0.3, -0.25) is 9.59 Å². The Morgan fingerprint density at radius 1 is 1.28 bits per heavy atom. The number of carboxylic acid groups (broad SMARTS) is 1. The minimum atomic E-state index is -0.882. The van der Waals surface area contributed by atoms with Crippen molar-refractivity contribution < 1.29 is 14.7 Å². The zero-order chi connectivity index (χ0) is 18.4. The minimum absolute atomic E-state index is 0.137. The number of carboxylic acids is 1. The quantitative estimate of drug-likeness (QED) is 0.728. The van der Waals surface area contributed by atoms with Crippen molar-refractivity contribution in [3.8, 4) is 10.6 Å². The van der Waals surface area contributed by atoms with Gasteiger partial charge in [-0.15, -0.1) is 11.3 Å². The van der Waals surface area contributed by atoms with Gasteiger partial charge in [-0.2, -0.15) is 0 Å². The van der Waals surface area contributed by atoms with Crippen molar-refractivity contribution in [2.45, 2.75) is 26.7 Å². The van der Waals surface area contributed by atoms with Crippen molar-refractivity contribution >= 4 is 34.8 Å². The molecule has 1 aromatic carbocycles. The van der Waals surface area contributed by atoms with Crippen LogP contribution in [0.15, 0.2) is 29.6 Å². The average Bonchev–Trinajstić information content (AvgIpc) is 3.00. The molecular weight excluding hydrogens is 360 g/mol. The van der Waals surface area contributed by atoms with Gasteiger partial charge in [0.2, 0.25) is 5.91 Å². The van der Waals surface area contributed by atoms with Crippen LogP contribution in [-0.2, 0) is 16.0 Å². The van der Waals surface area contributed by atoms with E-state index in [1.807, 2.05) is 31.4 Å². The third-order valence-corrected chi connectivity index (χ3v) is 4.83. The average molecular weight is 381 g/mol. The molecule has 2 rings (SSSR count). The highest BCUT2D eigenvalue weighted by Crippen LogP contribution is 2.25. The molecule has 1 aromatic heterocycles. The first kappa shape index (κ1) is 19.4. The van der Waals surface area contributed by atoms with Crippen molar-refractivity contribution in [3.63, 3.8) is 0 Å². The summed E-state index contributed by atoms with van der Waals surface area (Å²) in [6, 6.07) is 7.36. The van der Waals surface area contributed by atoms with E-state index in [4.69, 9.17) is 11.6 Å². The zero-order valence-corrected chi connectivity index (χ0v) is 15.7. The molecule has 0 fully saturated rings. The van der Waals surface area contributed by atoms with E-state index in [1.165, 1.54) is 11.3 Å². The highest BCUT2D eigenvalue weighted by molar-refractivity contribution is 7.13. The van der Waals surface area contributed by atoms with Crippen LogP contribution in [-0.4, -0.2) is 28.5 Å². The normalized spacial score (nSPS) is 12.2. The van der Waals surface area contributed by atoms with Crippen molar-refractivity contribution in [3.05, 3.63) is 40.4 Å². The van der Waals surface area contributed by atoms with E-state index in [1.54, 1.807) is 12.1 Å². The van der Waals surface area contributed by atoms with Crippen LogP contribution in [0.3, 0.4) is 0 Å². The van der Waals surface area contributed by atoms with Gasteiger partial charge in [-0.1, -0.05) is 37.6 Å². The van der Waals surface area contributed by atoms with Crippen LogP contribution in [0.1, 0.15) is 26.0 Å². The second kappa shape index (κ2) is 8.97. The monoisotopic (exact) mass is 380 g/mol. The third kappa shape index (κ3) is 6.14. The summed E-state index contributed by atoms with van der Waals surface area (Å²) in [6.07, 6.45) is 0.672. The first-order valence-corrected chi connectivity index (χ1v) is 9.30. The molecular formula is C18H21ClN2O3S. The molecule has 0 radical (unpaired) electrons. The maximum Gasteiger partial charge on any atom is 0.308 e. The maximum atomic E-state index is 12.1. The number of carbonyl (C=O) groups excluding carboxylic acids is 1. The number of nitrogens with zero attached hydrogens (tertiary/aromatic N) is 1. The molecule has 0 aliphatic heterocycles. The molecule has 0 saturated heterocycles. The lowest BCUT2D eigenvalue weighted by molar-refractivity contribution is -0.142. The molecule has 0 spiro atoms. The van der Waals surface area contributed by atoms with E-state index < -0.39 is 11.9 Å². The van der Waals surface area contributed by atoms with Crippen LogP contribution in [0.2, 0.25) is 5.02 Å². The van der Waals surface area contributed by atoms with Gasteiger partial charge in [-0.25, -0.2) is 4.98 Å². The predicted molar refractivity (Wildman–Crippen MR) is 99.9 cm³/mol. The summed E-state index contributed by atoms with van der Waals surface area (Å²) in [5.74, 6) is -1.40. The molecule has 0 aliphatic rings. The highest BCUT2D eigenvalue weighted by Gasteiger charge is 2.20. The van der Waals surface area contributed by atoms with Gasteiger partial charge < -0.3 is 10.4 Å². The molecule has 0 saturated carbocycles. The number of rotatable bonds is 8. The Morgan fingerprint density at radius 2 is 1.96 bits per heavy atom. The molecule has 1 atom stereocenters. The van der Waals surface area contributed by atoms with Crippen molar-refractivity contribution in [2.75, 3.05) is 6.54 Å². The zero-order valence-electron chi connectivity index (χ0n) is 14.2. The molecule has 25 heavy (non-hydrogen) atoms. The number of hydrogen-bond donors (Lipinski definition) is 2. The van der Waals surface area contributed by atoms with Crippen LogP contribution in [0.25, 0.3) is 10.6 Å². The van der Waals surface area contributed by atoms with Gasteiger partial charge in [0.25, 0.3) is 0 Å². The van der Waals surface area contributed by atoms with Crippen LogP contribution in [0.5, 0.6) is 0 Å². The van der Waals surface area contributed by atoms with Crippen LogP contribution >= 0.6 is 22.9 Å². The fourth-order valence-corrected chi connectivity index (χ4v) is 3.37. The molecule has 5 nitrogen and oxygen atoms in total. The molecule has 1 unspecified atom stereocenters. The number of aliphatic carboxylic acids is 1. The molecule has 2 N–H and O–H groups in total. The summed E-state index contributed by atoms with van der Waals surface area (Å²) in [5, 5.41) is 15.2. The van der Waals surface area contributed by atoms with Crippen LogP contribution in [0.4, 0.5) is 0 Å². The first-order valence-electron chi connectivity index (χ1n) is 8.05. The number of thiazole rings is 1. The van der Waals surface area contributed by atoms with Crippen LogP contribution < -0.4 is 5.32 Å². The van der Waals surface area contributed by atoms with E-state index in [0.717, 1.165) is 10.6 Å². The van der Waals surface area contributed by atoms with Gasteiger partial charge in [0.1, 0.15) is 5.01 Å². The van der Waals surface area contributed by atoms with Gasteiger partial charge in [0, 0.05) is 22.5 Å². The molecule has 0 bridgehead atoms. The van der Waals surface area contributed by atoms with E-state index in [9.17, 15) is 14.7 Å². The topological polar surface area (TPSA) is 79.3 Å². The lowest BCUT2D eigenvalue weighted by Crippen LogP contribution is -2.34. The molecule has 134 valence electrons. The standard InChI is InChI=1S/C18H21ClN2O3S/c1-11(2)7-13(18(23)24)9-20-16(22)8-15-10-25-17(21-15)12-3-5-14(19)6-4-12/h3-6,10-11,13H,7-9H2,1-2H3,(H,20,22)(H,23,24). The smallest absolute Gasteiger partial charge is 0.308 e. The molecule has 2 aromatic rings. The number of amides is 1. The number of nitrogens with one attached hydrogen (secondary N) is 1. The summed E-state index contributed by atoms with van der Waals surface area (Å²) in [6.45, 7) is 4.07. The Labute approximate surface area is 156 Å². The summed E-state index contributed by atoms with van der Waals surface area (Å²) in [5.41, 5.74) is 1.62. The Bertz CT molecular complexity index is 728. The molecule has 0 aliphatic carbocycles. The summed E-state index contributed by atoms with van der Waals surface area (Å²) in [7, 11) is 0. The van der Waals surface area contributed by atoms with Crippen LogP contribution in [0, 0.1) is 11.8 Å².